The van der Waals surface area contributed by atoms with E-state index in [0.717, 1.165) is 19.4 Å². The lowest BCUT2D eigenvalue weighted by molar-refractivity contribution is -0.128. The Morgan fingerprint density at radius 3 is 2.21 bits per heavy atom. The van der Waals surface area contributed by atoms with Crippen LogP contribution in [0.3, 0.4) is 0 Å². The third-order valence-corrected chi connectivity index (χ3v) is 4.09. The number of nitrogens with zero attached hydrogens (tertiary/aromatic N) is 2. The van der Waals surface area contributed by atoms with Crippen molar-refractivity contribution in [3.63, 3.8) is 0 Å². The van der Waals surface area contributed by atoms with E-state index in [4.69, 9.17) is 0 Å². The van der Waals surface area contributed by atoms with Gasteiger partial charge in [-0.2, -0.15) is 5.26 Å². The van der Waals surface area contributed by atoms with E-state index in [1.165, 1.54) is 0 Å². The first-order valence-electron chi connectivity index (χ1n) is 7.38. The lowest BCUT2D eigenvalue weighted by atomic mass is 9.87. The minimum Gasteiger partial charge on any atom is -0.353 e. The zero-order valence-electron chi connectivity index (χ0n) is 12.7. The molecule has 0 spiro atoms. The zero-order valence-corrected chi connectivity index (χ0v) is 12.7. The van der Waals surface area contributed by atoms with E-state index in [2.05, 4.69) is 44.0 Å². The highest BCUT2D eigenvalue weighted by molar-refractivity contribution is 5.85. The van der Waals surface area contributed by atoms with Crippen molar-refractivity contribution in [2.75, 3.05) is 13.1 Å². The van der Waals surface area contributed by atoms with Gasteiger partial charge in [-0.05, 0) is 40.5 Å². The Kier molecular flexibility index (Phi) is 5.81. The van der Waals surface area contributed by atoms with Crippen LogP contribution in [-0.2, 0) is 4.79 Å². The van der Waals surface area contributed by atoms with Crippen molar-refractivity contribution in [2.24, 2.45) is 5.41 Å². The van der Waals surface area contributed by atoms with Gasteiger partial charge in [-0.25, -0.2) is 0 Å². The molecular weight excluding hydrogens is 238 g/mol. The smallest absolute Gasteiger partial charge is 0.240 e. The molecule has 1 aliphatic carbocycles. The molecule has 1 amide bonds. The van der Waals surface area contributed by atoms with Crippen molar-refractivity contribution < 1.29 is 4.79 Å². The van der Waals surface area contributed by atoms with Crippen LogP contribution >= 0.6 is 0 Å². The van der Waals surface area contributed by atoms with Crippen molar-refractivity contribution in [1.29, 1.82) is 5.26 Å². The highest BCUT2D eigenvalue weighted by Crippen LogP contribution is 2.37. The molecular formula is C15H27N3O. The summed E-state index contributed by atoms with van der Waals surface area (Å²) in [6, 6.07) is 3.17. The van der Waals surface area contributed by atoms with Crippen LogP contribution in [0.25, 0.3) is 0 Å². The fourth-order valence-corrected chi connectivity index (χ4v) is 2.95. The van der Waals surface area contributed by atoms with Gasteiger partial charge in [-0.15, -0.1) is 0 Å². The van der Waals surface area contributed by atoms with E-state index in [0.29, 0.717) is 31.5 Å². The van der Waals surface area contributed by atoms with E-state index in [-0.39, 0.29) is 5.91 Å². The second-order valence-electron chi connectivity index (χ2n) is 6.08. The number of hydrogen-bond acceptors (Lipinski definition) is 3. The fourth-order valence-electron chi connectivity index (χ4n) is 2.95. The second kappa shape index (κ2) is 6.91. The van der Waals surface area contributed by atoms with Gasteiger partial charge in [0, 0.05) is 25.2 Å². The third-order valence-electron chi connectivity index (χ3n) is 4.09. The van der Waals surface area contributed by atoms with E-state index in [1.807, 2.05) is 0 Å². The van der Waals surface area contributed by atoms with Gasteiger partial charge in [0.1, 0.15) is 5.41 Å². The molecule has 0 atom stereocenters. The highest BCUT2D eigenvalue weighted by atomic mass is 16.2. The van der Waals surface area contributed by atoms with Crippen molar-refractivity contribution in [1.82, 2.24) is 10.2 Å². The van der Waals surface area contributed by atoms with E-state index >= 15 is 0 Å². The summed E-state index contributed by atoms with van der Waals surface area (Å²) in [6.45, 7) is 10.1. The highest BCUT2D eigenvalue weighted by Gasteiger charge is 2.41. The minimum absolute atomic E-state index is 0.0695. The molecule has 1 N–H and O–H groups in total. The number of carbonyl (C=O) groups is 1. The molecule has 0 saturated heterocycles. The van der Waals surface area contributed by atoms with Gasteiger partial charge >= 0.3 is 0 Å². The number of nitriles is 1. The van der Waals surface area contributed by atoms with Crippen molar-refractivity contribution in [3.05, 3.63) is 0 Å². The number of carbonyl (C=O) groups excluding carboxylic acids is 1. The quantitative estimate of drug-likeness (QED) is 0.801. The molecule has 0 aliphatic heterocycles. The summed E-state index contributed by atoms with van der Waals surface area (Å²) < 4.78 is 0. The average molecular weight is 265 g/mol. The van der Waals surface area contributed by atoms with Crippen LogP contribution in [0.15, 0.2) is 0 Å². The maximum atomic E-state index is 12.2. The first-order chi connectivity index (χ1) is 8.93. The molecule has 0 aromatic rings. The molecule has 0 bridgehead atoms. The molecule has 0 heterocycles. The summed E-state index contributed by atoms with van der Waals surface area (Å²) in [4.78, 5) is 14.5. The molecule has 0 aromatic heterocycles. The summed E-state index contributed by atoms with van der Waals surface area (Å²) in [7, 11) is 0. The molecule has 4 nitrogen and oxygen atoms in total. The molecule has 19 heavy (non-hydrogen) atoms. The van der Waals surface area contributed by atoms with Crippen LogP contribution in [0.2, 0.25) is 0 Å². The Balaban J connectivity index is 2.44. The standard InChI is InChI=1S/C15H27N3O/c1-12(2)18(13(3)4)10-9-17-14(19)15(11-16)7-5-6-8-15/h12-13H,5-10H2,1-4H3,(H,17,19). The van der Waals surface area contributed by atoms with E-state index in [1.54, 1.807) is 0 Å². The first kappa shape index (κ1) is 16.0. The van der Waals surface area contributed by atoms with Crippen LogP contribution < -0.4 is 5.32 Å². The summed E-state index contributed by atoms with van der Waals surface area (Å²) in [5.74, 6) is -0.0695. The normalized spacial score (nSPS) is 18.0. The predicted molar refractivity (Wildman–Crippen MR) is 76.5 cm³/mol. The van der Waals surface area contributed by atoms with Gasteiger partial charge in [0.15, 0.2) is 0 Å². The van der Waals surface area contributed by atoms with Gasteiger partial charge in [0.25, 0.3) is 0 Å². The number of nitrogens with one attached hydrogen (secondary N) is 1. The van der Waals surface area contributed by atoms with Crippen molar-refractivity contribution >= 4 is 5.91 Å². The van der Waals surface area contributed by atoms with Gasteiger partial charge in [0.2, 0.25) is 5.91 Å². The summed E-state index contributed by atoms with van der Waals surface area (Å²) in [6.07, 6.45) is 3.41. The average Bonchev–Trinajstić information content (AvgIpc) is 2.83. The minimum atomic E-state index is -0.750. The Hall–Kier alpha value is -1.08. The van der Waals surface area contributed by atoms with Gasteiger partial charge < -0.3 is 5.32 Å². The predicted octanol–water partition coefficient (Wildman–Crippen LogP) is 2.31. The van der Waals surface area contributed by atoms with Crippen LogP contribution in [0.1, 0.15) is 53.4 Å². The van der Waals surface area contributed by atoms with Crippen molar-refractivity contribution in [2.45, 2.75) is 65.5 Å². The number of rotatable bonds is 6. The Labute approximate surface area is 117 Å². The Morgan fingerprint density at radius 2 is 1.79 bits per heavy atom. The number of hydrogen-bond donors (Lipinski definition) is 1. The van der Waals surface area contributed by atoms with Crippen molar-refractivity contribution in [3.8, 4) is 6.07 Å². The molecule has 0 radical (unpaired) electrons. The van der Waals surface area contributed by atoms with Gasteiger partial charge in [0.05, 0.1) is 6.07 Å². The molecule has 1 saturated carbocycles. The Morgan fingerprint density at radius 1 is 1.26 bits per heavy atom. The zero-order chi connectivity index (χ0) is 14.5. The maximum absolute atomic E-state index is 12.2. The van der Waals surface area contributed by atoms with Crippen LogP contribution in [0, 0.1) is 16.7 Å². The molecule has 0 aromatic carbocycles. The third kappa shape index (κ3) is 3.94. The maximum Gasteiger partial charge on any atom is 0.240 e. The summed E-state index contributed by atoms with van der Waals surface area (Å²) in [5.41, 5.74) is -0.750. The molecule has 108 valence electrons. The lowest BCUT2D eigenvalue weighted by Gasteiger charge is -2.31. The monoisotopic (exact) mass is 265 g/mol. The Bertz CT molecular complexity index is 330. The largest absolute Gasteiger partial charge is 0.353 e. The SMILES string of the molecule is CC(C)N(CCNC(=O)C1(C#N)CCCC1)C(C)C. The molecule has 0 unspecified atom stereocenters. The summed E-state index contributed by atoms with van der Waals surface area (Å²) in [5, 5.41) is 12.2. The molecule has 1 fully saturated rings. The fraction of sp³-hybridized carbons (Fsp3) is 0.867. The lowest BCUT2D eigenvalue weighted by Crippen LogP contribution is -2.45. The molecule has 1 rings (SSSR count). The second-order valence-corrected chi connectivity index (χ2v) is 6.08. The van der Waals surface area contributed by atoms with Gasteiger partial charge in [-0.1, -0.05) is 12.8 Å². The molecule has 1 aliphatic rings. The van der Waals surface area contributed by atoms with Crippen LogP contribution in [0.5, 0.6) is 0 Å². The van der Waals surface area contributed by atoms with Crippen LogP contribution in [0.4, 0.5) is 0 Å². The van der Waals surface area contributed by atoms with Crippen LogP contribution in [-0.4, -0.2) is 36.0 Å². The number of amides is 1. The topological polar surface area (TPSA) is 56.1 Å². The molecule has 4 heteroatoms. The van der Waals surface area contributed by atoms with E-state index in [9.17, 15) is 10.1 Å². The van der Waals surface area contributed by atoms with Gasteiger partial charge in [-0.3, -0.25) is 9.69 Å². The van der Waals surface area contributed by atoms with E-state index < -0.39 is 5.41 Å². The first-order valence-corrected chi connectivity index (χ1v) is 7.38. The summed E-state index contributed by atoms with van der Waals surface area (Å²) >= 11 is 0.